The van der Waals surface area contributed by atoms with Crippen LogP contribution in [-0.2, 0) is 4.79 Å². The van der Waals surface area contributed by atoms with Crippen molar-refractivity contribution in [3.63, 3.8) is 0 Å². The minimum Gasteiger partial charge on any atom is -0.478 e. The summed E-state index contributed by atoms with van der Waals surface area (Å²) in [6.07, 6.45) is 1.59. The van der Waals surface area contributed by atoms with Crippen molar-refractivity contribution in [2.45, 2.75) is 19.1 Å². The largest absolute Gasteiger partial charge is 0.478 e. The number of carbonyl (C=O) groups is 1. The van der Waals surface area contributed by atoms with Gasteiger partial charge in [0.1, 0.15) is 0 Å². The first kappa shape index (κ1) is 9.13. The minimum atomic E-state index is -1.99. The van der Waals surface area contributed by atoms with Crippen LogP contribution in [0.2, 0.25) is 0 Å². The van der Waals surface area contributed by atoms with E-state index < -0.39 is 11.8 Å². The van der Waals surface area contributed by atoms with Crippen molar-refractivity contribution in [2.24, 2.45) is 0 Å². The highest BCUT2D eigenvalue weighted by molar-refractivity contribution is 5.79. The van der Waals surface area contributed by atoms with Gasteiger partial charge in [-0.15, -0.1) is 0 Å². The molecule has 0 amide bonds. The number of hydrogen-bond donors (Lipinski definition) is 3. The number of rotatable bonds is 3. The zero-order valence-corrected chi connectivity index (χ0v) is 5.61. The van der Waals surface area contributed by atoms with Gasteiger partial charge < -0.3 is 15.3 Å². The maximum absolute atomic E-state index is 9.85. The molecule has 0 aromatic heterocycles. The van der Waals surface area contributed by atoms with Crippen molar-refractivity contribution in [1.29, 1.82) is 0 Å². The number of hydrogen-bond acceptors (Lipinski definition) is 3. The Bertz CT molecular complexity index is 148. The Morgan fingerprint density at radius 2 is 2.10 bits per heavy atom. The average molecular weight is 146 g/mol. The van der Waals surface area contributed by atoms with Crippen LogP contribution in [0.5, 0.6) is 0 Å². The van der Waals surface area contributed by atoms with Gasteiger partial charge in [0, 0.05) is 12.5 Å². The van der Waals surface area contributed by atoms with E-state index in [2.05, 4.69) is 0 Å². The van der Waals surface area contributed by atoms with E-state index in [1.54, 1.807) is 0 Å². The van der Waals surface area contributed by atoms with E-state index in [-0.39, 0.29) is 6.42 Å². The molecule has 0 saturated heterocycles. The molecule has 0 bridgehead atoms. The summed E-state index contributed by atoms with van der Waals surface area (Å²) in [6, 6.07) is 0. The maximum Gasteiger partial charge on any atom is 0.328 e. The Balaban J connectivity index is 3.99. The molecule has 0 aromatic carbocycles. The van der Waals surface area contributed by atoms with E-state index >= 15 is 0 Å². The third-order valence-corrected chi connectivity index (χ3v) is 1.01. The Morgan fingerprint density at radius 1 is 1.60 bits per heavy atom. The Hall–Kier alpha value is -0.870. The lowest BCUT2D eigenvalue weighted by atomic mass is 10.2. The number of aliphatic hydroxyl groups is 2. The van der Waals surface area contributed by atoms with Crippen molar-refractivity contribution in [3.8, 4) is 0 Å². The molecule has 4 nitrogen and oxygen atoms in total. The fraction of sp³-hybridized carbons (Fsp3) is 0.500. The molecule has 0 saturated carbocycles. The Labute approximate surface area is 58.4 Å². The lowest BCUT2D eigenvalue weighted by Gasteiger charge is -2.12. The minimum absolute atomic E-state index is 0.0663. The molecule has 10 heavy (non-hydrogen) atoms. The number of aliphatic carboxylic acids is 1. The summed E-state index contributed by atoms with van der Waals surface area (Å²) < 4.78 is 0. The van der Waals surface area contributed by atoms with Crippen LogP contribution in [0.25, 0.3) is 0 Å². The van der Waals surface area contributed by atoms with E-state index in [1.165, 1.54) is 6.92 Å². The summed E-state index contributed by atoms with van der Waals surface area (Å²) in [5.41, 5.74) is 0. The molecule has 0 fully saturated rings. The third kappa shape index (κ3) is 4.05. The lowest BCUT2D eigenvalue weighted by Crippen LogP contribution is -2.23. The molecule has 0 radical (unpaired) electrons. The van der Waals surface area contributed by atoms with Crippen molar-refractivity contribution in [2.75, 3.05) is 0 Å². The maximum atomic E-state index is 9.85. The van der Waals surface area contributed by atoms with Gasteiger partial charge >= 0.3 is 5.97 Å². The second-order valence-electron chi connectivity index (χ2n) is 1.90. The summed E-state index contributed by atoms with van der Waals surface area (Å²) in [6.45, 7) is 1.53. The molecule has 0 unspecified atom stereocenters. The normalized spacial score (nSPS) is 12.3. The smallest absolute Gasteiger partial charge is 0.328 e. The molecule has 0 spiro atoms. The molecule has 0 heterocycles. The molecule has 3 N–H and O–H groups in total. The molecule has 58 valence electrons. The third-order valence-electron chi connectivity index (χ3n) is 1.01. The zero-order chi connectivity index (χ0) is 8.20. The second kappa shape index (κ2) is 3.34. The molecule has 4 heteroatoms. The van der Waals surface area contributed by atoms with Crippen LogP contribution in [0, 0.1) is 0 Å². The fourth-order valence-corrected chi connectivity index (χ4v) is 0.323. The topological polar surface area (TPSA) is 77.8 Å². The first-order valence-corrected chi connectivity index (χ1v) is 2.85. The zero-order valence-electron chi connectivity index (χ0n) is 5.61. The molecule has 0 aliphatic heterocycles. The van der Waals surface area contributed by atoms with E-state index in [9.17, 15) is 4.79 Å². The molecule has 0 aromatic rings. The Kier molecular flexibility index (Phi) is 3.05. The van der Waals surface area contributed by atoms with Gasteiger partial charge in [0.05, 0.1) is 0 Å². The predicted octanol–water partition coefficient (Wildman–Crippen LogP) is -0.282. The van der Waals surface area contributed by atoms with Gasteiger partial charge in [-0.05, 0) is 6.08 Å². The van der Waals surface area contributed by atoms with Gasteiger partial charge in [0.25, 0.3) is 0 Å². The van der Waals surface area contributed by atoms with Gasteiger partial charge in [-0.3, -0.25) is 0 Å². The summed E-state index contributed by atoms with van der Waals surface area (Å²) in [5.74, 6) is -3.18. The van der Waals surface area contributed by atoms with E-state index in [4.69, 9.17) is 15.3 Å². The molecule has 0 rings (SSSR count). The fourth-order valence-electron chi connectivity index (χ4n) is 0.323. The van der Waals surface area contributed by atoms with Crippen molar-refractivity contribution in [3.05, 3.63) is 12.2 Å². The van der Waals surface area contributed by atoms with E-state index in [0.717, 1.165) is 6.08 Å². The summed E-state index contributed by atoms with van der Waals surface area (Å²) in [4.78, 5) is 9.85. The van der Waals surface area contributed by atoms with Gasteiger partial charge in [0.2, 0.25) is 0 Å². The van der Waals surface area contributed by atoms with Crippen LogP contribution in [0.4, 0.5) is 0 Å². The summed E-state index contributed by atoms with van der Waals surface area (Å²) in [7, 11) is 0. The highest BCUT2D eigenvalue weighted by atomic mass is 16.5. The van der Waals surface area contributed by atoms with Gasteiger partial charge in [-0.2, -0.15) is 0 Å². The standard InChI is InChI=1S/C6H10O4/c1-2-6(9,10)4-3-5(7)8/h3-4,9-10H,2H2,1H3,(H,7,8)/b4-3+. The van der Waals surface area contributed by atoms with Gasteiger partial charge in [-0.1, -0.05) is 6.92 Å². The van der Waals surface area contributed by atoms with Crippen molar-refractivity contribution < 1.29 is 20.1 Å². The molecular formula is C6H10O4. The van der Waals surface area contributed by atoms with Crippen molar-refractivity contribution >= 4 is 5.97 Å². The average Bonchev–Trinajstić information content (AvgIpc) is 1.85. The predicted molar refractivity (Wildman–Crippen MR) is 34.2 cm³/mol. The molecular weight excluding hydrogens is 136 g/mol. The summed E-state index contributed by atoms with van der Waals surface area (Å²) in [5, 5.41) is 25.6. The van der Waals surface area contributed by atoms with Crippen LogP contribution in [0.1, 0.15) is 13.3 Å². The molecule has 0 aliphatic carbocycles. The van der Waals surface area contributed by atoms with Crippen LogP contribution < -0.4 is 0 Å². The Morgan fingerprint density at radius 3 is 2.40 bits per heavy atom. The van der Waals surface area contributed by atoms with E-state index in [1.807, 2.05) is 0 Å². The van der Waals surface area contributed by atoms with E-state index in [0.29, 0.717) is 6.08 Å². The highest BCUT2D eigenvalue weighted by Gasteiger charge is 2.14. The van der Waals surface area contributed by atoms with Crippen LogP contribution in [-0.4, -0.2) is 27.1 Å². The van der Waals surface area contributed by atoms with Gasteiger partial charge in [-0.25, -0.2) is 4.79 Å². The highest BCUT2D eigenvalue weighted by Crippen LogP contribution is 2.05. The van der Waals surface area contributed by atoms with Crippen LogP contribution in [0.3, 0.4) is 0 Å². The monoisotopic (exact) mass is 146 g/mol. The second-order valence-corrected chi connectivity index (χ2v) is 1.90. The first-order chi connectivity index (χ1) is 4.48. The van der Waals surface area contributed by atoms with Crippen LogP contribution >= 0.6 is 0 Å². The molecule has 0 atom stereocenters. The lowest BCUT2D eigenvalue weighted by molar-refractivity contribution is -0.133. The van der Waals surface area contributed by atoms with Gasteiger partial charge in [0.15, 0.2) is 5.79 Å². The summed E-state index contributed by atoms with van der Waals surface area (Å²) >= 11 is 0. The first-order valence-electron chi connectivity index (χ1n) is 2.85. The van der Waals surface area contributed by atoms with Crippen LogP contribution in [0.15, 0.2) is 12.2 Å². The quantitative estimate of drug-likeness (QED) is 0.378. The molecule has 0 aliphatic rings. The SMILES string of the molecule is CCC(O)(O)/C=C/C(=O)O. The number of carboxylic acids is 1. The number of carboxylic acid groups (broad SMARTS) is 1. The van der Waals surface area contributed by atoms with Crippen molar-refractivity contribution in [1.82, 2.24) is 0 Å².